The molecule has 0 aliphatic rings. The van der Waals surface area contributed by atoms with Crippen molar-refractivity contribution in [3.05, 3.63) is 70.2 Å². The highest BCUT2D eigenvalue weighted by Gasteiger charge is 2.14. The second kappa shape index (κ2) is 6.97. The standard InChI is InChI=1S/C20H20N2OS/c1-4-15-7-5-6-14(3)18(15)22-19(23)17-12-24-20(21-17)16-10-8-13(2)9-11-16/h5-12H,4H2,1-3H3,(H,22,23). The summed E-state index contributed by atoms with van der Waals surface area (Å²) in [7, 11) is 0. The van der Waals surface area contributed by atoms with Gasteiger partial charge in [0.1, 0.15) is 10.7 Å². The molecule has 0 atom stereocenters. The third-order valence-corrected chi connectivity index (χ3v) is 4.91. The zero-order valence-electron chi connectivity index (χ0n) is 14.1. The zero-order chi connectivity index (χ0) is 17.1. The molecule has 24 heavy (non-hydrogen) atoms. The highest BCUT2D eigenvalue weighted by Crippen LogP contribution is 2.26. The highest BCUT2D eigenvalue weighted by atomic mass is 32.1. The Kier molecular flexibility index (Phi) is 4.76. The van der Waals surface area contributed by atoms with E-state index in [-0.39, 0.29) is 5.91 Å². The minimum atomic E-state index is -0.159. The van der Waals surface area contributed by atoms with Crippen LogP contribution in [0.5, 0.6) is 0 Å². The normalized spacial score (nSPS) is 10.6. The lowest BCUT2D eigenvalue weighted by Crippen LogP contribution is -2.14. The molecule has 0 unspecified atom stereocenters. The molecule has 0 spiro atoms. The Bertz CT molecular complexity index is 866. The lowest BCUT2D eigenvalue weighted by molar-refractivity contribution is 0.102. The Morgan fingerprint density at radius 3 is 2.58 bits per heavy atom. The van der Waals surface area contributed by atoms with Crippen molar-refractivity contribution >= 4 is 22.9 Å². The van der Waals surface area contributed by atoms with Gasteiger partial charge >= 0.3 is 0 Å². The second-order valence-corrected chi connectivity index (χ2v) is 6.68. The van der Waals surface area contributed by atoms with E-state index in [0.29, 0.717) is 5.69 Å². The molecule has 0 radical (unpaired) electrons. The van der Waals surface area contributed by atoms with Crippen LogP contribution in [0.3, 0.4) is 0 Å². The number of aromatic nitrogens is 1. The second-order valence-electron chi connectivity index (χ2n) is 5.82. The van der Waals surface area contributed by atoms with E-state index in [2.05, 4.69) is 36.3 Å². The predicted molar refractivity (Wildman–Crippen MR) is 101 cm³/mol. The number of para-hydroxylation sites is 1. The third-order valence-electron chi connectivity index (χ3n) is 4.01. The van der Waals surface area contributed by atoms with E-state index >= 15 is 0 Å². The number of aryl methyl sites for hydroxylation is 3. The van der Waals surface area contributed by atoms with Gasteiger partial charge in [0, 0.05) is 16.6 Å². The maximum absolute atomic E-state index is 12.6. The van der Waals surface area contributed by atoms with Crippen molar-refractivity contribution in [1.29, 1.82) is 0 Å². The van der Waals surface area contributed by atoms with Gasteiger partial charge in [-0.25, -0.2) is 4.98 Å². The number of anilines is 1. The van der Waals surface area contributed by atoms with Crippen molar-refractivity contribution in [2.75, 3.05) is 5.32 Å². The lowest BCUT2D eigenvalue weighted by atomic mass is 10.1. The fourth-order valence-electron chi connectivity index (χ4n) is 2.59. The molecule has 0 saturated carbocycles. The van der Waals surface area contributed by atoms with Crippen LogP contribution in [-0.2, 0) is 6.42 Å². The Labute approximate surface area is 146 Å². The van der Waals surface area contributed by atoms with Gasteiger partial charge in [0.2, 0.25) is 0 Å². The van der Waals surface area contributed by atoms with E-state index < -0.39 is 0 Å². The van der Waals surface area contributed by atoms with Crippen LogP contribution in [0.25, 0.3) is 10.6 Å². The van der Waals surface area contributed by atoms with Crippen LogP contribution in [0, 0.1) is 13.8 Å². The van der Waals surface area contributed by atoms with Gasteiger partial charge in [0.15, 0.2) is 0 Å². The molecule has 0 saturated heterocycles. The van der Waals surface area contributed by atoms with Crippen molar-refractivity contribution in [2.45, 2.75) is 27.2 Å². The Morgan fingerprint density at radius 2 is 1.88 bits per heavy atom. The Morgan fingerprint density at radius 1 is 1.12 bits per heavy atom. The van der Waals surface area contributed by atoms with Crippen molar-refractivity contribution in [3.63, 3.8) is 0 Å². The molecule has 4 heteroatoms. The number of hydrogen-bond acceptors (Lipinski definition) is 3. The summed E-state index contributed by atoms with van der Waals surface area (Å²) in [5.74, 6) is -0.159. The lowest BCUT2D eigenvalue weighted by Gasteiger charge is -2.12. The fourth-order valence-corrected chi connectivity index (χ4v) is 3.39. The number of nitrogens with zero attached hydrogens (tertiary/aromatic N) is 1. The summed E-state index contributed by atoms with van der Waals surface area (Å²) in [6, 6.07) is 14.2. The van der Waals surface area contributed by atoms with E-state index in [1.165, 1.54) is 16.9 Å². The number of thiazole rings is 1. The van der Waals surface area contributed by atoms with Crippen LogP contribution in [0.15, 0.2) is 47.8 Å². The Balaban J connectivity index is 1.83. The molecule has 0 fully saturated rings. The molecule has 1 N–H and O–H groups in total. The molecule has 3 nitrogen and oxygen atoms in total. The van der Waals surface area contributed by atoms with Gasteiger partial charge in [-0.05, 0) is 31.4 Å². The molecule has 2 aromatic carbocycles. The molecule has 1 amide bonds. The highest BCUT2D eigenvalue weighted by molar-refractivity contribution is 7.13. The summed E-state index contributed by atoms with van der Waals surface area (Å²) in [6.45, 7) is 6.15. The average Bonchev–Trinajstić information content (AvgIpc) is 3.07. The SMILES string of the molecule is CCc1cccc(C)c1NC(=O)c1csc(-c2ccc(C)cc2)n1. The first-order valence-electron chi connectivity index (χ1n) is 8.01. The number of carbonyl (C=O) groups excluding carboxylic acids is 1. The van der Waals surface area contributed by atoms with E-state index in [1.54, 1.807) is 0 Å². The van der Waals surface area contributed by atoms with Gasteiger partial charge in [0.25, 0.3) is 5.91 Å². The molecule has 1 aromatic heterocycles. The summed E-state index contributed by atoms with van der Waals surface area (Å²) in [4.78, 5) is 17.1. The van der Waals surface area contributed by atoms with Crippen molar-refractivity contribution in [3.8, 4) is 10.6 Å². The fraction of sp³-hybridized carbons (Fsp3) is 0.200. The zero-order valence-corrected chi connectivity index (χ0v) is 14.9. The van der Waals surface area contributed by atoms with Gasteiger partial charge in [-0.2, -0.15) is 0 Å². The summed E-state index contributed by atoms with van der Waals surface area (Å²) in [5, 5.41) is 5.70. The van der Waals surface area contributed by atoms with Gasteiger partial charge in [-0.1, -0.05) is 55.0 Å². The topological polar surface area (TPSA) is 42.0 Å². The maximum atomic E-state index is 12.6. The molecule has 0 aliphatic carbocycles. The van der Waals surface area contributed by atoms with Crippen LogP contribution in [0.1, 0.15) is 34.1 Å². The van der Waals surface area contributed by atoms with E-state index in [1.807, 2.05) is 42.6 Å². The quantitative estimate of drug-likeness (QED) is 0.708. The number of rotatable bonds is 4. The first-order chi connectivity index (χ1) is 11.6. The average molecular weight is 336 g/mol. The van der Waals surface area contributed by atoms with Crippen LogP contribution >= 0.6 is 11.3 Å². The predicted octanol–water partition coefficient (Wildman–Crippen LogP) is 5.24. The van der Waals surface area contributed by atoms with Gasteiger partial charge in [-0.3, -0.25) is 4.79 Å². The van der Waals surface area contributed by atoms with Crippen LogP contribution in [0.4, 0.5) is 5.69 Å². The summed E-state index contributed by atoms with van der Waals surface area (Å²) in [5.41, 5.74) is 5.81. The van der Waals surface area contributed by atoms with Crippen molar-refractivity contribution in [1.82, 2.24) is 4.98 Å². The number of benzene rings is 2. The first kappa shape index (κ1) is 16.4. The van der Waals surface area contributed by atoms with E-state index in [4.69, 9.17) is 0 Å². The smallest absolute Gasteiger partial charge is 0.275 e. The minimum absolute atomic E-state index is 0.159. The van der Waals surface area contributed by atoms with E-state index in [9.17, 15) is 4.79 Å². The molecule has 3 aromatic rings. The number of hydrogen-bond donors (Lipinski definition) is 1. The summed E-state index contributed by atoms with van der Waals surface area (Å²) >= 11 is 1.49. The molecular formula is C20H20N2OS. The monoisotopic (exact) mass is 336 g/mol. The van der Waals surface area contributed by atoms with Gasteiger partial charge in [-0.15, -0.1) is 11.3 Å². The van der Waals surface area contributed by atoms with Gasteiger partial charge < -0.3 is 5.32 Å². The number of nitrogens with one attached hydrogen (secondary N) is 1. The van der Waals surface area contributed by atoms with Gasteiger partial charge in [0.05, 0.1) is 0 Å². The van der Waals surface area contributed by atoms with E-state index in [0.717, 1.165) is 33.8 Å². The van der Waals surface area contributed by atoms with Crippen molar-refractivity contribution in [2.24, 2.45) is 0 Å². The number of carbonyl (C=O) groups is 1. The molecular weight excluding hydrogens is 316 g/mol. The molecule has 3 rings (SSSR count). The third kappa shape index (κ3) is 3.39. The summed E-state index contributed by atoms with van der Waals surface area (Å²) in [6.07, 6.45) is 0.878. The molecule has 0 aliphatic heterocycles. The maximum Gasteiger partial charge on any atom is 0.275 e. The van der Waals surface area contributed by atoms with Crippen molar-refractivity contribution < 1.29 is 4.79 Å². The first-order valence-corrected chi connectivity index (χ1v) is 8.89. The van der Waals surface area contributed by atoms with Crippen LogP contribution in [-0.4, -0.2) is 10.9 Å². The van der Waals surface area contributed by atoms with Crippen LogP contribution < -0.4 is 5.32 Å². The largest absolute Gasteiger partial charge is 0.320 e. The molecule has 1 heterocycles. The molecule has 122 valence electrons. The molecule has 0 bridgehead atoms. The number of amides is 1. The minimum Gasteiger partial charge on any atom is -0.320 e. The van der Waals surface area contributed by atoms with Crippen LogP contribution in [0.2, 0.25) is 0 Å². The Hall–Kier alpha value is -2.46. The summed E-state index contributed by atoms with van der Waals surface area (Å²) < 4.78 is 0.